The minimum absolute atomic E-state index is 0.286. The standard InChI is InChI=1S/C20H19ClFN5/c21-15-3-1-6-18(13-15)26-9-11-27(12-10-26)20-23-8-7-19(25-20)24-17-5-2-4-16(22)14-17/h1-8,13-14H,9-12H2,(H,23,24,25). The minimum atomic E-state index is -0.286. The van der Waals surface area contributed by atoms with Gasteiger partial charge in [-0.2, -0.15) is 4.98 Å². The summed E-state index contributed by atoms with van der Waals surface area (Å²) in [6, 6.07) is 16.0. The number of nitrogens with one attached hydrogen (secondary N) is 1. The molecule has 4 rings (SSSR count). The van der Waals surface area contributed by atoms with Gasteiger partial charge in [0.1, 0.15) is 11.6 Å². The number of hydrogen-bond acceptors (Lipinski definition) is 5. The Labute approximate surface area is 162 Å². The van der Waals surface area contributed by atoms with E-state index in [0.29, 0.717) is 17.5 Å². The molecular formula is C20H19ClFN5. The molecule has 1 saturated heterocycles. The highest BCUT2D eigenvalue weighted by Gasteiger charge is 2.19. The third-order valence-corrected chi connectivity index (χ3v) is 4.71. The summed E-state index contributed by atoms with van der Waals surface area (Å²) in [5.41, 5.74) is 1.79. The number of hydrogen-bond donors (Lipinski definition) is 1. The molecular weight excluding hydrogens is 365 g/mol. The molecule has 0 bridgehead atoms. The maximum absolute atomic E-state index is 13.3. The van der Waals surface area contributed by atoms with Crippen molar-refractivity contribution in [2.75, 3.05) is 41.3 Å². The lowest BCUT2D eigenvalue weighted by atomic mass is 10.2. The molecule has 2 aromatic carbocycles. The number of rotatable bonds is 4. The molecule has 2 heterocycles. The fourth-order valence-electron chi connectivity index (χ4n) is 3.12. The first-order valence-electron chi connectivity index (χ1n) is 8.78. The van der Waals surface area contributed by atoms with E-state index in [9.17, 15) is 4.39 Å². The van der Waals surface area contributed by atoms with E-state index >= 15 is 0 Å². The normalized spacial score (nSPS) is 14.3. The lowest BCUT2D eigenvalue weighted by Crippen LogP contribution is -2.47. The van der Waals surface area contributed by atoms with Crippen LogP contribution in [0.3, 0.4) is 0 Å². The molecule has 3 aromatic rings. The van der Waals surface area contributed by atoms with Gasteiger partial charge in [-0.05, 0) is 42.5 Å². The first-order chi connectivity index (χ1) is 13.2. The minimum Gasteiger partial charge on any atom is -0.368 e. The molecule has 1 aromatic heterocycles. The summed E-state index contributed by atoms with van der Waals surface area (Å²) < 4.78 is 13.3. The van der Waals surface area contributed by atoms with Gasteiger partial charge in [0.2, 0.25) is 5.95 Å². The van der Waals surface area contributed by atoms with Gasteiger partial charge < -0.3 is 15.1 Å². The van der Waals surface area contributed by atoms with Crippen LogP contribution in [0, 0.1) is 5.82 Å². The Kier molecular flexibility index (Phi) is 5.07. The van der Waals surface area contributed by atoms with Gasteiger partial charge in [0, 0.05) is 48.8 Å². The van der Waals surface area contributed by atoms with Crippen molar-refractivity contribution in [3.63, 3.8) is 0 Å². The van der Waals surface area contributed by atoms with Gasteiger partial charge in [0.15, 0.2) is 0 Å². The topological polar surface area (TPSA) is 44.3 Å². The summed E-state index contributed by atoms with van der Waals surface area (Å²) in [6.45, 7) is 3.36. The summed E-state index contributed by atoms with van der Waals surface area (Å²) >= 11 is 6.09. The van der Waals surface area contributed by atoms with Gasteiger partial charge in [0.05, 0.1) is 0 Å². The van der Waals surface area contributed by atoms with Gasteiger partial charge in [0.25, 0.3) is 0 Å². The van der Waals surface area contributed by atoms with Crippen LogP contribution in [-0.4, -0.2) is 36.1 Å². The highest BCUT2D eigenvalue weighted by Crippen LogP contribution is 2.23. The van der Waals surface area contributed by atoms with Gasteiger partial charge in [-0.1, -0.05) is 23.7 Å². The Morgan fingerprint density at radius 3 is 2.48 bits per heavy atom. The van der Waals surface area contributed by atoms with Crippen LogP contribution in [0.2, 0.25) is 5.02 Å². The molecule has 1 aliphatic heterocycles. The number of anilines is 4. The molecule has 1 aliphatic rings. The van der Waals surface area contributed by atoms with Crippen LogP contribution in [0.25, 0.3) is 0 Å². The molecule has 0 unspecified atom stereocenters. The Morgan fingerprint density at radius 1 is 0.926 bits per heavy atom. The summed E-state index contributed by atoms with van der Waals surface area (Å²) in [5.74, 6) is 1.02. The molecule has 1 N–H and O–H groups in total. The van der Waals surface area contributed by atoms with Gasteiger partial charge in [-0.3, -0.25) is 0 Å². The van der Waals surface area contributed by atoms with E-state index in [2.05, 4.69) is 31.2 Å². The lowest BCUT2D eigenvalue weighted by Gasteiger charge is -2.36. The molecule has 27 heavy (non-hydrogen) atoms. The zero-order valence-electron chi connectivity index (χ0n) is 14.6. The van der Waals surface area contributed by atoms with E-state index in [4.69, 9.17) is 11.6 Å². The predicted molar refractivity (Wildman–Crippen MR) is 108 cm³/mol. The van der Waals surface area contributed by atoms with E-state index in [0.717, 1.165) is 36.9 Å². The second-order valence-corrected chi connectivity index (χ2v) is 6.77. The smallest absolute Gasteiger partial charge is 0.227 e. The first kappa shape index (κ1) is 17.5. The van der Waals surface area contributed by atoms with Crippen molar-refractivity contribution in [1.29, 1.82) is 0 Å². The molecule has 0 saturated carbocycles. The summed E-state index contributed by atoms with van der Waals surface area (Å²) in [7, 11) is 0. The Morgan fingerprint density at radius 2 is 1.70 bits per heavy atom. The molecule has 0 atom stereocenters. The van der Waals surface area contributed by atoms with E-state index < -0.39 is 0 Å². The van der Waals surface area contributed by atoms with Crippen LogP contribution in [-0.2, 0) is 0 Å². The third-order valence-electron chi connectivity index (χ3n) is 4.48. The van der Waals surface area contributed by atoms with Crippen molar-refractivity contribution in [1.82, 2.24) is 9.97 Å². The number of halogens is 2. The first-order valence-corrected chi connectivity index (χ1v) is 9.16. The lowest BCUT2D eigenvalue weighted by molar-refractivity contribution is 0.628. The zero-order valence-corrected chi connectivity index (χ0v) is 15.4. The van der Waals surface area contributed by atoms with Crippen molar-refractivity contribution < 1.29 is 4.39 Å². The number of aromatic nitrogens is 2. The summed E-state index contributed by atoms with van der Waals surface area (Å²) in [6.07, 6.45) is 1.72. The second-order valence-electron chi connectivity index (χ2n) is 6.33. The van der Waals surface area contributed by atoms with Crippen molar-refractivity contribution in [3.05, 3.63) is 71.6 Å². The molecule has 138 valence electrons. The summed E-state index contributed by atoms with van der Waals surface area (Å²) in [4.78, 5) is 13.4. The molecule has 7 heteroatoms. The SMILES string of the molecule is Fc1cccc(Nc2ccnc(N3CCN(c4cccc(Cl)c4)CC3)n2)c1. The van der Waals surface area contributed by atoms with Crippen LogP contribution in [0.4, 0.5) is 27.5 Å². The molecule has 0 amide bonds. The van der Waals surface area contributed by atoms with E-state index in [-0.39, 0.29) is 5.82 Å². The van der Waals surface area contributed by atoms with Crippen LogP contribution in [0.5, 0.6) is 0 Å². The molecule has 0 spiro atoms. The summed E-state index contributed by atoms with van der Waals surface area (Å²) in [5, 5.41) is 3.87. The van der Waals surface area contributed by atoms with Gasteiger partial charge in [-0.25, -0.2) is 9.37 Å². The molecule has 0 radical (unpaired) electrons. The highest BCUT2D eigenvalue weighted by atomic mass is 35.5. The number of benzene rings is 2. The Bertz CT molecular complexity index is 928. The quantitative estimate of drug-likeness (QED) is 0.726. The largest absolute Gasteiger partial charge is 0.368 e. The Hall–Kier alpha value is -2.86. The van der Waals surface area contributed by atoms with Crippen molar-refractivity contribution >= 4 is 34.7 Å². The average Bonchev–Trinajstić information content (AvgIpc) is 2.68. The monoisotopic (exact) mass is 383 g/mol. The average molecular weight is 384 g/mol. The van der Waals surface area contributed by atoms with Gasteiger partial charge in [-0.15, -0.1) is 0 Å². The number of piperazine rings is 1. The van der Waals surface area contributed by atoms with Gasteiger partial charge >= 0.3 is 0 Å². The third kappa shape index (κ3) is 4.28. The van der Waals surface area contributed by atoms with Crippen LogP contribution in [0.1, 0.15) is 0 Å². The molecule has 5 nitrogen and oxygen atoms in total. The van der Waals surface area contributed by atoms with Crippen LogP contribution < -0.4 is 15.1 Å². The maximum atomic E-state index is 13.3. The van der Waals surface area contributed by atoms with Crippen molar-refractivity contribution in [2.45, 2.75) is 0 Å². The zero-order chi connectivity index (χ0) is 18.6. The van der Waals surface area contributed by atoms with Crippen LogP contribution >= 0.6 is 11.6 Å². The van der Waals surface area contributed by atoms with Crippen molar-refractivity contribution in [2.24, 2.45) is 0 Å². The van der Waals surface area contributed by atoms with E-state index in [1.54, 1.807) is 24.4 Å². The maximum Gasteiger partial charge on any atom is 0.227 e. The fraction of sp³-hybridized carbons (Fsp3) is 0.200. The number of nitrogens with zero attached hydrogens (tertiary/aromatic N) is 4. The molecule has 0 aliphatic carbocycles. The van der Waals surface area contributed by atoms with E-state index in [1.807, 2.05) is 18.2 Å². The van der Waals surface area contributed by atoms with Crippen molar-refractivity contribution in [3.8, 4) is 0 Å². The highest BCUT2D eigenvalue weighted by molar-refractivity contribution is 6.30. The van der Waals surface area contributed by atoms with Crippen LogP contribution in [0.15, 0.2) is 60.8 Å². The molecule has 1 fully saturated rings. The second kappa shape index (κ2) is 7.80. The fourth-order valence-corrected chi connectivity index (χ4v) is 3.31. The predicted octanol–water partition coefficient (Wildman–Crippen LogP) is 4.34. The van der Waals surface area contributed by atoms with E-state index in [1.165, 1.54) is 12.1 Å². The Balaban J connectivity index is 1.42.